The second kappa shape index (κ2) is 4.19. The van der Waals surface area contributed by atoms with Crippen LogP contribution in [0.25, 0.3) is 0 Å². The standard InChI is InChI=1S/C9H18BrN5/c1-9(2,14(3)4)7(11)6-8(10)12-13-15(6)5/h7H,11H2,1-5H3. The molecular formula is C9H18BrN5. The Hall–Kier alpha value is -0.460. The number of likely N-dealkylation sites (N-methyl/N-ethyl adjacent to an activating group) is 1. The number of hydrogen-bond acceptors (Lipinski definition) is 4. The van der Waals surface area contributed by atoms with E-state index >= 15 is 0 Å². The Bertz CT molecular complexity index is 325. The van der Waals surface area contributed by atoms with Crippen LogP contribution < -0.4 is 5.73 Å². The summed E-state index contributed by atoms with van der Waals surface area (Å²) in [7, 11) is 5.87. The fourth-order valence-electron chi connectivity index (χ4n) is 1.28. The average molecular weight is 276 g/mol. The summed E-state index contributed by atoms with van der Waals surface area (Å²) in [6.45, 7) is 4.19. The quantitative estimate of drug-likeness (QED) is 0.891. The molecular weight excluding hydrogens is 258 g/mol. The van der Waals surface area contributed by atoms with E-state index in [2.05, 4.69) is 45.0 Å². The van der Waals surface area contributed by atoms with E-state index in [0.29, 0.717) is 4.60 Å². The van der Waals surface area contributed by atoms with Gasteiger partial charge in [-0.05, 0) is 43.9 Å². The Balaban J connectivity index is 3.09. The molecule has 0 saturated heterocycles. The van der Waals surface area contributed by atoms with Crippen molar-refractivity contribution in [1.29, 1.82) is 0 Å². The van der Waals surface area contributed by atoms with E-state index in [1.807, 2.05) is 21.1 Å². The number of aryl methyl sites for hydroxylation is 1. The highest BCUT2D eigenvalue weighted by molar-refractivity contribution is 9.10. The molecule has 0 fully saturated rings. The molecule has 1 rings (SSSR count). The molecule has 1 aromatic rings. The van der Waals surface area contributed by atoms with E-state index in [9.17, 15) is 0 Å². The molecule has 0 radical (unpaired) electrons. The molecule has 0 spiro atoms. The summed E-state index contributed by atoms with van der Waals surface area (Å²) < 4.78 is 2.42. The number of nitrogens with two attached hydrogens (primary N) is 1. The van der Waals surface area contributed by atoms with Crippen LogP contribution >= 0.6 is 15.9 Å². The topological polar surface area (TPSA) is 60.0 Å². The van der Waals surface area contributed by atoms with Crippen LogP contribution in [-0.2, 0) is 7.05 Å². The molecule has 1 heterocycles. The smallest absolute Gasteiger partial charge is 0.153 e. The summed E-state index contributed by atoms with van der Waals surface area (Å²) in [5.41, 5.74) is 7.00. The van der Waals surface area contributed by atoms with Gasteiger partial charge in [0.1, 0.15) is 0 Å². The van der Waals surface area contributed by atoms with Crippen molar-refractivity contribution in [3.63, 3.8) is 0 Å². The van der Waals surface area contributed by atoms with Crippen LogP contribution in [0.2, 0.25) is 0 Å². The second-order valence-electron chi connectivity index (χ2n) is 4.41. The van der Waals surface area contributed by atoms with E-state index < -0.39 is 0 Å². The van der Waals surface area contributed by atoms with Crippen molar-refractivity contribution in [3.8, 4) is 0 Å². The summed E-state index contributed by atoms with van der Waals surface area (Å²) in [6.07, 6.45) is 0. The monoisotopic (exact) mass is 275 g/mol. The van der Waals surface area contributed by atoms with Crippen LogP contribution in [0.1, 0.15) is 25.6 Å². The molecule has 6 heteroatoms. The first-order valence-corrected chi connectivity index (χ1v) is 5.56. The summed E-state index contributed by atoms with van der Waals surface area (Å²) in [6, 6.07) is -0.151. The normalized spacial score (nSPS) is 14.7. The Morgan fingerprint density at radius 3 is 2.33 bits per heavy atom. The maximum absolute atomic E-state index is 6.25. The number of rotatable bonds is 3. The lowest BCUT2D eigenvalue weighted by Crippen LogP contribution is -2.48. The number of halogens is 1. The van der Waals surface area contributed by atoms with Crippen LogP contribution in [0.5, 0.6) is 0 Å². The maximum atomic E-state index is 6.25. The fraction of sp³-hybridized carbons (Fsp3) is 0.778. The van der Waals surface area contributed by atoms with Crippen LogP contribution in [0, 0.1) is 0 Å². The summed E-state index contributed by atoms with van der Waals surface area (Å²) in [4.78, 5) is 2.09. The molecule has 0 saturated carbocycles. The summed E-state index contributed by atoms with van der Waals surface area (Å²) >= 11 is 3.37. The Kier molecular flexibility index (Phi) is 3.52. The van der Waals surface area contributed by atoms with E-state index in [1.54, 1.807) is 4.68 Å². The predicted molar refractivity (Wildman–Crippen MR) is 63.4 cm³/mol. The van der Waals surface area contributed by atoms with Crippen LogP contribution in [0.4, 0.5) is 0 Å². The highest BCUT2D eigenvalue weighted by Gasteiger charge is 2.33. The largest absolute Gasteiger partial charge is 0.321 e. The van der Waals surface area contributed by atoms with Gasteiger partial charge in [-0.1, -0.05) is 5.21 Å². The van der Waals surface area contributed by atoms with Crippen molar-refractivity contribution >= 4 is 15.9 Å². The number of hydrogen-bond donors (Lipinski definition) is 1. The Morgan fingerprint density at radius 1 is 1.47 bits per heavy atom. The van der Waals surface area contributed by atoms with Crippen molar-refractivity contribution in [2.24, 2.45) is 12.8 Å². The van der Waals surface area contributed by atoms with Crippen molar-refractivity contribution < 1.29 is 0 Å². The average Bonchev–Trinajstić information content (AvgIpc) is 2.45. The van der Waals surface area contributed by atoms with Crippen molar-refractivity contribution in [3.05, 3.63) is 10.3 Å². The predicted octanol–water partition coefficient (Wildman–Crippen LogP) is 0.918. The zero-order valence-electron chi connectivity index (χ0n) is 9.82. The Labute approximate surface area is 98.7 Å². The van der Waals surface area contributed by atoms with Gasteiger partial charge in [-0.15, -0.1) is 5.10 Å². The van der Waals surface area contributed by atoms with E-state index in [4.69, 9.17) is 5.73 Å². The molecule has 1 atom stereocenters. The zero-order chi connectivity index (χ0) is 11.8. The first-order valence-electron chi connectivity index (χ1n) is 4.76. The third-order valence-corrected chi connectivity index (χ3v) is 3.60. The molecule has 0 aliphatic rings. The van der Waals surface area contributed by atoms with Gasteiger partial charge in [-0.3, -0.25) is 0 Å². The lowest BCUT2D eigenvalue weighted by atomic mass is 9.92. The van der Waals surface area contributed by atoms with Gasteiger partial charge in [0.25, 0.3) is 0 Å². The Morgan fingerprint density at radius 2 is 2.00 bits per heavy atom. The molecule has 0 aromatic carbocycles. The van der Waals surface area contributed by atoms with Crippen LogP contribution in [0.3, 0.4) is 0 Å². The van der Waals surface area contributed by atoms with E-state index in [-0.39, 0.29) is 11.6 Å². The molecule has 1 unspecified atom stereocenters. The van der Waals surface area contributed by atoms with Gasteiger partial charge in [0.2, 0.25) is 0 Å². The second-order valence-corrected chi connectivity index (χ2v) is 5.17. The van der Waals surface area contributed by atoms with Gasteiger partial charge >= 0.3 is 0 Å². The highest BCUT2D eigenvalue weighted by Crippen LogP contribution is 2.30. The van der Waals surface area contributed by atoms with Gasteiger partial charge in [-0.2, -0.15) is 0 Å². The fourth-order valence-corrected chi connectivity index (χ4v) is 1.86. The summed E-state index contributed by atoms with van der Waals surface area (Å²) in [5.74, 6) is 0. The lowest BCUT2D eigenvalue weighted by Gasteiger charge is -2.37. The minimum absolute atomic E-state index is 0.151. The first-order chi connectivity index (χ1) is 6.78. The van der Waals surface area contributed by atoms with Crippen molar-refractivity contribution in [2.75, 3.05) is 14.1 Å². The minimum Gasteiger partial charge on any atom is -0.321 e. The number of aromatic nitrogens is 3. The molecule has 0 aliphatic carbocycles. The highest BCUT2D eigenvalue weighted by atomic mass is 79.9. The van der Waals surface area contributed by atoms with E-state index in [1.165, 1.54) is 0 Å². The zero-order valence-corrected chi connectivity index (χ0v) is 11.4. The minimum atomic E-state index is -0.155. The lowest BCUT2D eigenvalue weighted by molar-refractivity contribution is 0.154. The van der Waals surface area contributed by atoms with Gasteiger partial charge in [0.05, 0.1) is 11.7 Å². The third-order valence-electron chi connectivity index (χ3n) is 3.03. The molecule has 0 aliphatic heterocycles. The summed E-state index contributed by atoms with van der Waals surface area (Å²) in [5, 5.41) is 7.87. The third kappa shape index (κ3) is 2.21. The molecule has 0 amide bonds. The van der Waals surface area contributed by atoms with E-state index in [0.717, 1.165) is 5.69 Å². The molecule has 0 bridgehead atoms. The van der Waals surface area contributed by atoms with Gasteiger partial charge in [0.15, 0.2) is 4.60 Å². The molecule has 15 heavy (non-hydrogen) atoms. The first kappa shape index (κ1) is 12.6. The molecule has 5 nitrogen and oxygen atoms in total. The number of nitrogens with zero attached hydrogens (tertiary/aromatic N) is 4. The van der Waals surface area contributed by atoms with Crippen LogP contribution in [-0.4, -0.2) is 39.5 Å². The van der Waals surface area contributed by atoms with Crippen LogP contribution in [0.15, 0.2) is 4.60 Å². The molecule has 1 aromatic heterocycles. The maximum Gasteiger partial charge on any atom is 0.153 e. The van der Waals surface area contributed by atoms with Gasteiger partial charge < -0.3 is 10.6 Å². The molecule has 86 valence electrons. The van der Waals surface area contributed by atoms with Crippen molar-refractivity contribution in [2.45, 2.75) is 25.4 Å². The van der Waals surface area contributed by atoms with Crippen molar-refractivity contribution in [1.82, 2.24) is 19.9 Å². The van der Waals surface area contributed by atoms with Gasteiger partial charge in [-0.25, -0.2) is 4.68 Å². The molecule has 2 N–H and O–H groups in total. The SMILES string of the molecule is CN(C)C(C)(C)C(N)c1c(Br)nnn1C. The van der Waals surface area contributed by atoms with Gasteiger partial charge in [0, 0.05) is 12.6 Å².